The van der Waals surface area contributed by atoms with Gasteiger partial charge in [0.05, 0.1) is 17.2 Å². The Labute approximate surface area is 172 Å². The van der Waals surface area contributed by atoms with Crippen LogP contribution in [0.15, 0.2) is 33.8 Å². The van der Waals surface area contributed by atoms with Crippen LogP contribution >= 0.6 is 0 Å². The summed E-state index contributed by atoms with van der Waals surface area (Å²) >= 11 is 0. The second kappa shape index (κ2) is 9.31. The first-order valence-corrected chi connectivity index (χ1v) is 9.43. The number of hydrazone groups is 1. The standard InChI is InChI=1S/C20H22N4O6/c1-12-17-15(22-23-19(25)13-6-8-14(9-7-13)24(27)28)4-3-5-16(17)30-18(12)20(26)21-10-11-29-2/h6-9H,3-5,10-11H2,1-2H3,(H,21,26)(H,23,25)/b22-15+. The molecule has 10 nitrogen and oxygen atoms in total. The molecule has 0 bridgehead atoms. The highest BCUT2D eigenvalue weighted by atomic mass is 16.6. The molecule has 0 spiro atoms. The van der Waals surface area contributed by atoms with Gasteiger partial charge < -0.3 is 14.5 Å². The van der Waals surface area contributed by atoms with Crippen molar-refractivity contribution in [3.63, 3.8) is 0 Å². The van der Waals surface area contributed by atoms with Gasteiger partial charge >= 0.3 is 0 Å². The van der Waals surface area contributed by atoms with E-state index in [4.69, 9.17) is 9.15 Å². The number of aryl methyl sites for hydroxylation is 1. The molecule has 1 aliphatic carbocycles. The maximum absolute atomic E-state index is 12.4. The Morgan fingerprint density at radius 2 is 1.97 bits per heavy atom. The van der Waals surface area contributed by atoms with E-state index in [2.05, 4.69) is 15.8 Å². The van der Waals surface area contributed by atoms with E-state index in [0.29, 0.717) is 43.0 Å². The van der Waals surface area contributed by atoms with Crippen LogP contribution in [0.4, 0.5) is 5.69 Å². The van der Waals surface area contributed by atoms with Crippen molar-refractivity contribution in [1.29, 1.82) is 0 Å². The number of carbonyl (C=O) groups excluding carboxylic acids is 2. The Morgan fingerprint density at radius 1 is 1.23 bits per heavy atom. The zero-order valence-corrected chi connectivity index (χ0v) is 16.7. The van der Waals surface area contributed by atoms with E-state index < -0.39 is 10.8 Å². The molecule has 0 aliphatic heterocycles. The summed E-state index contributed by atoms with van der Waals surface area (Å²) in [6.07, 6.45) is 2.08. The molecule has 2 aromatic rings. The molecule has 0 fully saturated rings. The fraction of sp³-hybridized carbons (Fsp3) is 0.350. The smallest absolute Gasteiger partial charge is 0.287 e. The molecule has 10 heteroatoms. The van der Waals surface area contributed by atoms with Crippen molar-refractivity contribution in [2.24, 2.45) is 5.10 Å². The van der Waals surface area contributed by atoms with Crippen molar-refractivity contribution in [3.8, 4) is 0 Å². The zero-order chi connectivity index (χ0) is 21.7. The average Bonchev–Trinajstić information content (AvgIpc) is 3.09. The predicted molar refractivity (Wildman–Crippen MR) is 108 cm³/mol. The molecule has 3 rings (SSSR count). The molecule has 0 unspecified atom stereocenters. The monoisotopic (exact) mass is 414 g/mol. The highest BCUT2D eigenvalue weighted by molar-refractivity contribution is 6.07. The summed E-state index contributed by atoms with van der Waals surface area (Å²) in [5, 5.41) is 17.7. The van der Waals surface area contributed by atoms with Gasteiger partial charge in [0.2, 0.25) is 0 Å². The molecule has 0 saturated carbocycles. The lowest BCUT2D eigenvalue weighted by atomic mass is 9.93. The van der Waals surface area contributed by atoms with Crippen molar-refractivity contribution in [1.82, 2.24) is 10.7 Å². The van der Waals surface area contributed by atoms with Crippen molar-refractivity contribution in [2.45, 2.75) is 26.2 Å². The van der Waals surface area contributed by atoms with Crippen molar-refractivity contribution in [3.05, 3.63) is 62.6 Å². The molecular formula is C20H22N4O6. The van der Waals surface area contributed by atoms with Crippen LogP contribution in [0.5, 0.6) is 0 Å². The summed E-state index contributed by atoms with van der Waals surface area (Å²) in [6, 6.07) is 5.25. The minimum Gasteiger partial charge on any atom is -0.455 e. The lowest BCUT2D eigenvalue weighted by molar-refractivity contribution is -0.384. The molecule has 1 aromatic carbocycles. The number of hydrogen-bond donors (Lipinski definition) is 2. The number of benzene rings is 1. The summed E-state index contributed by atoms with van der Waals surface area (Å²) in [5.74, 6) is 0.0859. The summed E-state index contributed by atoms with van der Waals surface area (Å²) in [6.45, 7) is 2.55. The highest BCUT2D eigenvalue weighted by Crippen LogP contribution is 2.29. The number of fused-ring (bicyclic) bond motifs is 1. The number of nitro groups is 1. The Morgan fingerprint density at radius 3 is 2.63 bits per heavy atom. The minimum atomic E-state index is -0.532. The number of amides is 2. The van der Waals surface area contributed by atoms with Crippen LogP contribution in [0.25, 0.3) is 0 Å². The second-order valence-electron chi connectivity index (χ2n) is 6.76. The fourth-order valence-corrected chi connectivity index (χ4v) is 3.26. The molecule has 0 atom stereocenters. The van der Waals surface area contributed by atoms with Gasteiger partial charge in [-0.05, 0) is 31.9 Å². The van der Waals surface area contributed by atoms with E-state index in [1.165, 1.54) is 24.3 Å². The van der Waals surface area contributed by atoms with Gasteiger partial charge in [-0.25, -0.2) is 5.43 Å². The molecule has 0 saturated heterocycles. The van der Waals surface area contributed by atoms with Gasteiger partial charge in [-0.2, -0.15) is 5.10 Å². The number of methoxy groups -OCH3 is 1. The quantitative estimate of drug-likeness (QED) is 0.405. The first-order valence-electron chi connectivity index (χ1n) is 9.43. The summed E-state index contributed by atoms with van der Waals surface area (Å²) in [5.41, 5.74) is 4.68. The van der Waals surface area contributed by atoms with Gasteiger partial charge in [0.1, 0.15) is 5.76 Å². The van der Waals surface area contributed by atoms with E-state index in [0.717, 1.165) is 12.0 Å². The Bertz CT molecular complexity index is 993. The Kier molecular flexibility index (Phi) is 6.58. The van der Waals surface area contributed by atoms with Crippen LogP contribution in [0, 0.1) is 17.0 Å². The maximum atomic E-state index is 12.4. The zero-order valence-electron chi connectivity index (χ0n) is 16.7. The highest BCUT2D eigenvalue weighted by Gasteiger charge is 2.28. The van der Waals surface area contributed by atoms with E-state index in [-0.39, 0.29) is 22.9 Å². The number of nitrogens with zero attached hydrogens (tertiary/aromatic N) is 2. The summed E-state index contributed by atoms with van der Waals surface area (Å²) in [7, 11) is 1.55. The molecule has 158 valence electrons. The molecule has 1 aliphatic rings. The molecular weight excluding hydrogens is 392 g/mol. The van der Waals surface area contributed by atoms with Crippen LogP contribution in [-0.2, 0) is 11.2 Å². The normalized spacial score (nSPS) is 14.3. The number of ether oxygens (including phenoxy) is 1. The number of nitrogens with one attached hydrogen (secondary N) is 2. The largest absolute Gasteiger partial charge is 0.455 e. The summed E-state index contributed by atoms with van der Waals surface area (Å²) < 4.78 is 10.7. The third-order valence-corrected chi connectivity index (χ3v) is 4.76. The van der Waals surface area contributed by atoms with Crippen LogP contribution < -0.4 is 10.7 Å². The van der Waals surface area contributed by atoms with Crippen molar-refractivity contribution >= 4 is 23.2 Å². The third kappa shape index (κ3) is 4.54. The van der Waals surface area contributed by atoms with Crippen LogP contribution in [0.2, 0.25) is 0 Å². The molecule has 2 N–H and O–H groups in total. The van der Waals surface area contributed by atoms with E-state index in [1.54, 1.807) is 14.0 Å². The number of carbonyl (C=O) groups is 2. The lowest BCUT2D eigenvalue weighted by Crippen LogP contribution is -2.27. The van der Waals surface area contributed by atoms with Gasteiger partial charge in [-0.3, -0.25) is 19.7 Å². The first-order chi connectivity index (χ1) is 14.4. The second-order valence-corrected chi connectivity index (χ2v) is 6.76. The number of furan rings is 1. The van der Waals surface area contributed by atoms with Gasteiger partial charge in [-0.15, -0.1) is 0 Å². The number of rotatable bonds is 7. The van der Waals surface area contributed by atoms with E-state index in [1.807, 2.05) is 0 Å². The van der Waals surface area contributed by atoms with Crippen LogP contribution in [0.3, 0.4) is 0 Å². The van der Waals surface area contributed by atoms with Gasteiger partial charge in [-0.1, -0.05) is 0 Å². The average molecular weight is 414 g/mol. The maximum Gasteiger partial charge on any atom is 0.287 e. The van der Waals surface area contributed by atoms with Gasteiger partial charge in [0.25, 0.3) is 17.5 Å². The fourth-order valence-electron chi connectivity index (χ4n) is 3.26. The molecule has 2 amide bonds. The van der Waals surface area contributed by atoms with Crippen LogP contribution in [-0.4, -0.2) is 42.7 Å². The van der Waals surface area contributed by atoms with Crippen LogP contribution in [0.1, 0.15) is 50.6 Å². The minimum absolute atomic E-state index is 0.0971. The number of nitro benzene ring substituents is 1. The number of non-ortho nitro benzene ring substituents is 1. The molecule has 30 heavy (non-hydrogen) atoms. The first kappa shape index (κ1) is 21.2. The number of hydrogen-bond acceptors (Lipinski definition) is 7. The lowest BCUT2D eigenvalue weighted by Gasteiger charge is -2.13. The van der Waals surface area contributed by atoms with Gasteiger partial charge in [0, 0.05) is 48.9 Å². The Hall–Kier alpha value is -3.53. The third-order valence-electron chi connectivity index (χ3n) is 4.76. The van der Waals surface area contributed by atoms with E-state index in [9.17, 15) is 19.7 Å². The van der Waals surface area contributed by atoms with Crippen molar-refractivity contribution in [2.75, 3.05) is 20.3 Å². The molecule has 0 radical (unpaired) electrons. The molecule has 1 heterocycles. The SMILES string of the molecule is COCCNC(=O)c1oc2c(c1C)/C(=N/NC(=O)c1ccc([N+](=O)[O-])cc1)CCC2. The predicted octanol–water partition coefficient (Wildman–Crippen LogP) is 2.34. The topological polar surface area (TPSA) is 136 Å². The molecule has 1 aromatic heterocycles. The van der Waals surface area contributed by atoms with Crippen molar-refractivity contribution < 1.29 is 23.7 Å². The Balaban J connectivity index is 1.77. The summed E-state index contributed by atoms with van der Waals surface area (Å²) in [4.78, 5) is 34.9. The van der Waals surface area contributed by atoms with Gasteiger partial charge in [0.15, 0.2) is 5.76 Å². The van der Waals surface area contributed by atoms with E-state index >= 15 is 0 Å².